The maximum atomic E-state index is 13.4. The van der Waals surface area contributed by atoms with Crippen LogP contribution in [-0.2, 0) is 34.5 Å². The molecule has 8 heteroatoms. The van der Waals surface area contributed by atoms with Crippen LogP contribution in [0.25, 0.3) is 0 Å². The second-order valence-electron chi connectivity index (χ2n) is 8.59. The minimum Gasteiger partial charge on any atom is -0.497 e. The van der Waals surface area contributed by atoms with E-state index in [1.54, 1.807) is 30.2 Å². The molecular weight excluding hydrogens is 396 g/mol. The standard InChI is InChI=1S/C23H26N4O4/c1-25-10-9-24-18(25)13-26(2)21(28)19-17-7-8-23(31-17)14-27(22(29)20(19)23)12-15-5-4-6-16(11-15)30-3/h4-11,17,19-20H,12-14H2,1-3H3/t17-,19-,20+,23-/m0/s1. The maximum Gasteiger partial charge on any atom is 0.230 e. The van der Waals surface area contributed by atoms with Gasteiger partial charge in [-0.2, -0.15) is 0 Å². The summed E-state index contributed by atoms with van der Waals surface area (Å²) >= 11 is 0. The van der Waals surface area contributed by atoms with Crippen molar-refractivity contribution in [3.63, 3.8) is 0 Å². The number of hydrogen-bond donors (Lipinski definition) is 0. The molecule has 2 fully saturated rings. The van der Waals surface area contributed by atoms with Gasteiger partial charge in [-0.3, -0.25) is 9.59 Å². The van der Waals surface area contributed by atoms with Gasteiger partial charge in [-0.25, -0.2) is 4.98 Å². The first-order chi connectivity index (χ1) is 14.9. The van der Waals surface area contributed by atoms with E-state index in [0.29, 0.717) is 19.6 Å². The van der Waals surface area contributed by atoms with E-state index >= 15 is 0 Å². The molecule has 1 spiro atoms. The second kappa shape index (κ2) is 7.23. The van der Waals surface area contributed by atoms with E-state index in [0.717, 1.165) is 17.1 Å². The number of fused-ring (bicyclic) bond motifs is 1. The Morgan fingerprint density at radius 3 is 3.00 bits per heavy atom. The van der Waals surface area contributed by atoms with Gasteiger partial charge in [0.05, 0.1) is 38.1 Å². The van der Waals surface area contributed by atoms with Crippen LogP contribution in [-0.4, -0.2) is 63.6 Å². The van der Waals surface area contributed by atoms with Crippen LogP contribution in [0.15, 0.2) is 48.8 Å². The van der Waals surface area contributed by atoms with E-state index in [1.807, 2.05) is 54.2 Å². The summed E-state index contributed by atoms with van der Waals surface area (Å²) in [7, 11) is 5.28. The van der Waals surface area contributed by atoms with E-state index < -0.39 is 17.4 Å². The molecular formula is C23H26N4O4. The average Bonchev–Trinajstić information content (AvgIpc) is 3.50. The molecule has 8 nitrogen and oxygen atoms in total. The van der Waals surface area contributed by atoms with Gasteiger partial charge in [0.2, 0.25) is 11.8 Å². The first kappa shape index (κ1) is 19.8. The molecule has 0 aliphatic carbocycles. The van der Waals surface area contributed by atoms with Crippen molar-refractivity contribution in [3.8, 4) is 5.75 Å². The molecule has 0 saturated carbocycles. The van der Waals surface area contributed by atoms with Crippen molar-refractivity contribution in [2.45, 2.75) is 24.8 Å². The Kier molecular flexibility index (Phi) is 4.62. The molecule has 31 heavy (non-hydrogen) atoms. The van der Waals surface area contributed by atoms with Gasteiger partial charge in [0.15, 0.2) is 0 Å². The smallest absolute Gasteiger partial charge is 0.230 e. The molecule has 4 atom stereocenters. The number of carbonyl (C=O) groups excluding carboxylic acids is 2. The summed E-state index contributed by atoms with van der Waals surface area (Å²) < 4.78 is 13.4. The lowest BCUT2D eigenvalue weighted by molar-refractivity contribution is -0.143. The number of amides is 2. The lowest BCUT2D eigenvalue weighted by atomic mass is 9.76. The van der Waals surface area contributed by atoms with E-state index in [-0.39, 0.29) is 17.9 Å². The SMILES string of the molecule is COc1cccc(CN2C[C@]34C=C[C@H](O3)[C@H](C(=O)N(C)Cc3nccn3C)[C@@H]4C2=O)c1. The van der Waals surface area contributed by atoms with Crippen molar-refractivity contribution < 1.29 is 19.1 Å². The fraction of sp³-hybridized carbons (Fsp3) is 0.435. The molecule has 0 unspecified atom stereocenters. The highest BCUT2D eigenvalue weighted by atomic mass is 16.5. The van der Waals surface area contributed by atoms with Gasteiger partial charge in [-0.05, 0) is 17.7 Å². The minimum absolute atomic E-state index is 0.0292. The Morgan fingerprint density at radius 2 is 2.26 bits per heavy atom. The van der Waals surface area contributed by atoms with E-state index in [2.05, 4.69) is 4.98 Å². The number of imidazole rings is 1. The summed E-state index contributed by atoms with van der Waals surface area (Å²) in [6.45, 7) is 1.30. The molecule has 1 aromatic heterocycles. The van der Waals surface area contributed by atoms with Crippen LogP contribution in [0.5, 0.6) is 5.75 Å². The lowest BCUT2D eigenvalue weighted by Gasteiger charge is -2.27. The highest BCUT2D eigenvalue weighted by Crippen LogP contribution is 2.52. The molecule has 1 aromatic carbocycles. The first-order valence-electron chi connectivity index (χ1n) is 10.4. The monoisotopic (exact) mass is 422 g/mol. The van der Waals surface area contributed by atoms with E-state index in [1.165, 1.54) is 0 Å². The van der Waals surface area contributed by atoms with Crippen molar-refractivity contribution in [2.24, 2.45) is 18.9 Å². The van der Waals surface area contributed by atoms with Gasteiger partial charge in [0.1, 0.15) is 17.2 Å². The summed E-state index contributed by atoms with van der Waals surface area (Å²) in [5, 5.41) is 0. The van der Waals surface area contributed by atoms with Crippen molar-refractivity contribution in [1.82, 2.24) is 19.4 Å². The maximum absolute atomic E-state index is 13.4. The number of ether oxygens (including phenoxy) is 2. The van der Waals surface area contributed by atoms with Crippen molar-refractivity contribution in [2.75, 3.05) is 20.7 Å². The zero-order chi connectivity index (χ0) is 21.8. The first-order valence-corrected chi connectivity index (χ1v) is 10.4. The molecule has 3 aliphatic heterocycles. The van der Waals surface area contributed by atoms with Crippen molar-refractivity contribution >= 4 is 11.8 Å². The van der Waals surface area contributed by atoms with Gasteiger partial charge in [0.25, 0.3) is 0 Å². The zero-order valence-corrected chi connectivity index (χ0v) is 17.9. The quantitative estimate of drug-likeness (QED) is 0.658. The number of aromatic nitrogens is 2. The van der Waals surface area contributed by atoms with Crippen molar-refractivity contribution in [3.05, 3.63) is 60.2 Å². The average molecular weight is 422 g/mol. The number of carbonyl (C=O) groups is 2. The predicted octanol–water partition coefficient (Wildman–Crippen LogP) is 1.37. The minimum atomic E-state index is -0.717. The Morgan fingerprint density at radius 1 is 1.42 bits per heavy atom. The molecule has 3 aliphatic rings. The molecule has 2 saturated heterocycles. The second-order valence-corrected chi connectivity index (χ2v) is 8.59. The number of methoxy groups -OCH3 is 1. The summed E-state index contributed by atoms with van der Waals surface area (Å²) in [6, 6.07) is 7.69. The molecule has 0 N–H and O–H groups in total. The van der Waals surface area contributed by atoms with Crippen LogP contribution >= 0.6 is 0 Å². The molecule has 2 bridgehead atoms. The van der Waals surface area contributed by atoms with Gasteiger partial charge in [-0.15, -0.1) is 0 Å². The van der Waals surface area contributed by atoms with Crippen LogP contribution in [0.2, 0.25) is 0 Å². The Hall–Kier alpha value is -3.13. The topological polar surface area (TPSA) is 76.9 Å². The van der Waals surface area contributed by atoms with Crippen LogP contribution in [0.4, 0.5) is 0 Å². The number of rotatable bonds is 6. The highest BCUT2D eigenvalue weighted by Gasteiger charge is 2.67. The number of hydrogen-bond acceptors (Lipinski definition) is 5. The van der Waals surface area contributed by atoms with Crippen molar-refractivity contribution in [1.29, 1.82) is 0 Å². The lowest BCUT2D eigenvalue weighted by Crippen LogP contribution is -2.44. The number of nitrogens with zero attached hydrogens (tertiary/aromatic N) is 4. The molecule has 2 aromatic rings. The molecule has 5 rings (SSSR count). The molecule has 2 amide bonds. The Bertz CT molecular complexity index is 1060. The van der Waals surface area contributed by atoms with E-state index in [4.69, 9.17) is 9.47 Å². The third kappa shape index (κ3) is 3.13. The van der Waals surface area contributed by atoms with Crippen LogP contribution in [0.1, 0.15) is 11.4 Å². The molecule has 4 heterocycles. The largest absolute Gasteiger partial charge is 0.497 e. The predicted molar refractivity (Wildman–Crippen MR) is 112 cm³/mol. The number of likely N-dealkylation sites (tertiary alicyclic amines) is 1. The third-order valence-electron chi connectivity index (χ3n) is 6.65. The van der Waals surface area contributed by atoms with Gasteiger partial charge in [-0.1, -0.05) is 24.3 Å². The highest BCUT2D eigenvalue weighted by molar-refractivity contribution is 5.93. The summed E-state index contributed by atoms with van der Waals surface area (Å²) in [6.07, 6.45) is 7.13. The fourth-order valence-corrected chi connectivity index (χ4v) is 5.08. The Balaban J connectivity index is 1.36. The zero-order valence-electron chi connectivity index (χ0n) is 17.9. The van der Waals surface area contributed by atoms with Gasteiger partial charge in [0, 0.05) is 33.0 Å². The number of benzene rings is 1. The molecule has 162 valence electrons. The van der Waals surface area contributed by atoms with Gasteiger partial charge < -0.3 is 23.8 Å². The van der Waals surface area contributed by atoms with Gasteiger partial charge >= 0.3 is 0 Å². The van der Waals surface area contributed by atoms with Crippen LogP contribution < -0.4 is 4.74 Å². The van der Waals surface area contributed by atoms with E-state index in [9.17, 15) is 9.59 Å². The Labute approximate surface area is 181 Å². The van der Waals surface area contributed by atoms with Crippen LogP contribution in [0.3, 0.4) is 0 Å². The summed E-state index contributed by atoms with van der Waals surface area (Å²) in [4.78, 5) is 34.6. The fourth-order valence-electron chi connectivity index (χ4n) is 5.08. The normalized spacial score (nSPS) is 28.3. The van der Waals surface area contributed by atoms with Crippen LogP contribution in [0, 0.1) is 11.8 Å². The molecule has 0 radical (unpaired) electrons. The third-order valence-corrected chi connectivity index (χ3v) is 6.65. The number of aryl methyl sites for hydroxylation is 1. The summed E-state index contributed by atoms with van der Waals surface area (Å²) in [5.41, 5.74) is 0.266. The summed E-state index contributed by atoms with van der Waals surface area (Å²) in [5.74, 6) is 0.424.